The number of aromatic nitrogens is 2. The molecule has 4 aliphatic rings. The second-order valence-electron chi connectivity index (χ2n) is 6.97. The maximum atomic E-state index is 5.64. The van der Waals surface area contributed by atoms with Crippen LogP contribution in [0.2, 0.25) is 0 Å². The van der Waals surface area contributed by atoms with Gasteiger partial charge in [0.25, 0.3) is 0 Å². The van der Waals surface area contributed by atoms with Crippen molar-refractivity contribution in [2.45, 2.75) is 50.5 Å². The molecule has 0 saturated heterocycles. The van der Waals surface area contributed by atoms with Crippen LogP contribution in [0.15, 0.2) is 12.4 Å². The van der Waals surface area contributed by atoms with E-state index in [1.165, 1.54) is 44.1 Å². The van der Waals surface area contributed by atoms with Crippen molar-refractivity contribution in [3.8, 4) is 0 Å². The van der Waals surface area contributed by atoms with Crippen molar-refractivity contribution < 1.29 is 0 Å². The van der Waals surface area contributed by atoms with Crippen molar-refractivity contribution in [1.82, 2.24) is 9.78 Å². The van der Waals surface area contributed by atoms with Crippen molar-refractivity contribution in [1.29, 1.82) is 0 Å². The Labute approximate surface area is 109 Å². The molecule has 1 aromatic rings. The highest BCUT2D eigenvalue weighted by molar-refractivity contribution is 5.10. The van der Waals surface area contributed by atoms with Gasteiger partial charge in [0.05, 0.1) is 11.7 Å². The van der Waals surface area contributed by atoms with Crippen molar-refractivity contribution in [2.75, 3.05) is 6.54 Å². The standard InChI is InChI=1S/C15H23N3/c16-2-1-11-9-17-18(10-11)15-6-12-3-13(7-15)5-14(4-12)8-15/h9-10,12-14H,1-8,16H2. The zero-order valence-corrected chi connectivity index (χ0v) is 11.0. The maximum Gasteiger partial charge on any atom is 0.0635 e. The molecule has 1 heterocycles. The average Bonchev–Trinajstić information content (AvgIpc) is 2.77. The van der Waals surface area contributed by atoms with E-state index in [4.69, 9.17) is 5.73 Å². The molecular formula is C15H23N3. The SMILES string of the molecule is NCCc1cnn(C23CC4CC(CC(C4)C2)C3)c1. The highest BCUT2D eigenvalue weighted by atomic mass is 15.3. The molecule has 4 aliphatic carbocycles. The van der Waals surface area contributed by atoms with Crippen LogP contribution >= 0.6 is 0 Å². The summed E-state index contributed by atoms with van der Waals surface area (Å²) in [5, 5.41) is 4.69. The van der Waals surface area contributed by atoms with E-state index in [-0.39, 0.29) is 0 Å². The minimum absolute atomic E-state index is 0.377. The number of nitrogens with two attached hydrogens (primary N) is 1. The molecule has 4 saturated carbocycles. The monoisotopic (exact) mass is 245 g/mol. The van der Waals surface area contributed by atoms with Crippen LogP contribution in [0.1, 0.15) is 44.1 Å². The van der Waals surface area contributed by atoms with Gasteiger partial charge in [0.1, 0.15) is 0 Å². The van der Waals surface area contributed by atoms with E-state index in [2.05, 4.69) is 16.0 Å². The van der Waals surface area contributed by atoms with Gasteiger partial charge in [-0.05, 0) is 74.8 Å². The Morgan fingerprint density at radius 3 is 2.33 bits per heavy atom. The molecule has 3 nitrogen and oxygen atoms in total. The molecule has 0 aromatic carbocycles. The first-order valence-corrected chi connectivity index (χ1v) is 7.51. The summed E-state index contributed by atoms with van der Waals surface area (Å²) in [6, 6.07) is 0. The fourth-order valence-electron chi connectivity index (χ4n) is 5.26. The second-order valence-corrected chi connectivity index (χ2v) is 6.97. The summed E-state index contributed by atoms with van der Waals surface area (Å²) in [6.07, 6.45) is 13.9. The number of nitrogens with zero attached hydrogens (tertiary/aromatic N) is 2. The summed E-state index contributed by atoms with van der Waals surface area (Å²) >= 11 is 0. The molecule has 3 heteroatoms. The van der Waals surface area contributed by atoms with Crippen LogP contribution in [-0.4, -0.2) is 16.3 Å². The van der Waals surface area contributed by atoms with Crippen molar-refractivity contribution >= 4 is 0 Å². The molecule has 0 radical (unpaired) electrons. The van der Waals surface area contributed by atoms with Crippen LogP contribution in [0.4, 0.5) is 0 Å². The fourth-order valence-corrected chi connectivity index (χ4v) is 5.26. The lowest BCUT2D eigenvalue weighted by Crippen LogP contribution is -2.52. The average molecular weight is 245 g/mol. The van der Waals surface area contributed by atoms with Crippen LogP contribution in [0.3, 0.4) is 0 Å². The summed E-state index contributed by atoms with van der Waals surface area (Å²) in [5.74, 6) is 2.95. The van der Waals surface area contributed by atoms with Gasteiger partial charge in [0, 0.05) is 6.20 Å². The van der Waals surface area contributed by atoms with Crippen LogP contribution in [-0.2, 0) is 12.0 Å². The van der Waals surface area contributed by atoms with Gasteiger partial charge in [-0.3, -0.25) is 4.68 Å². The fraction of sp³-hybridized carbons (Fsp3) is 0.800. The van der Waals surface area contributed by atoms with Gasteiger partial charge in [-0.2, -0.15) is 5.10 Å². The Hall–Kier alpha value is -0.830. The number of rotatable bonds is 3. The predicted molar refractivity (Wildman–Crippen MR) is 71.1 cm³/mol. The van der Waals surface area contributed by atoms with E-state index in [0.717, 1.165) is 30.7 Å². The van der Waals surface area contributed by atoms with E-state index in [0.29, 0.717) is 5.54 Å². The topological polar surface area (TPSA) is 43.8 Å². The lowest BCUT2D eigenvalue weighted by atomic mass is 9.53. The molecule has 98 valence electrons. The van der Waals surface area contributed by atoms with Crippen LogP contribution < -0.4 is 5.73 Å². The van der Waals surface area contributed by atoms with Crippen molar-refractivity contribution in [2.24, 2.45) is 23.5 Å². The van der Waals surface area contributed by atoms with Gasteiger partial charge in [-0.15, -0.1) is 0 Å². The molecule has 0 atom stereocenters. The smallest absolute Gasteiger partial charge is 0.0635 e. The highest BCUT2D eigenvalue weighted by Crippen LogP contribution is 2.58. The molecule has 4 bridgehead atoms. The van der Waals surface area contributed by atoms with Crippen LogP contribution in [0.5, 0.6) is 0 Å². The first-order valence-electron chi connectivity index (χ1n) is 7.51. The van der Waals surface area contributed by atoms with Crippen molar-refractivity contribution in [3.05, 3.63) is 18.0 Å². The zero-order valence-electron chi connectivity index (χ0n) is 11.0. The first kappa shape index (κ1) is 11.0. The highest BCUT2D eigenvalue weighted by Gasteiger charge is 2.52. The molecule has 5 rings (SSSR count). The van der Waals surface area contributed by atoms with Gasteiger partial charge in [-0.25, -0.2) is 0 Å². The van der Waals surface area contributed by atoms with Crippen LogP contribution in [0, 0.1) is 17.8 Å². The predicted octanol–water partition coefficient (Wildman–Crippen LogP) is 2.31. The summed E-state index contributed by atoms with van der Waals surface area (Å²) in [7, 11) is 0. The molecule has 1 aromatic heterocycles. The van der Waals surface area contributed by atoms with Crippen molar-refractivity contribution in [3.63, 3.8) is 0 Å². The quantitative estimate of drug-likeness (QED) is 0.888. The van der Waals surface area contributed by atoms with E-state index in [9.17, 15) is 0 Å². The van der Waals surface area contributed by atoms with Gasteiger partial charge in [0.15, 0.2) is 0 Å². The lowest BCUT2D eigenvalue weighted by Gasteiger charge is -2.56. The molecule has 4 fully saturated rings. The molecule has 0 amide bonds. The maximum absolute atomic E-state index is 5.64. The Balaban J connectivity index is 1.66. The molecule has 2 N–H and O–H groups in total. The van der Waals surface area contributed by atoms with Gasteiger partial charge < -0.3 is 5.73 Å². The van der Waals surface area contributed by atoms with E-state index < -0.39 is 0 Å². The lowest BCUT2D eigenvalue weighted by molar-refractivity contribution is -0.0494. The minimum Gasteiger partial charge on any atom is -0.330 e. The molecule has 0 spiro atoms. The van der Waals surface area contributed by atoms with E-state index >= 15 is 0 Å². The molecule has 18 heavy (non-hydrogen) atoms. The Bertz CT molecular complexity index is 413. The Kier molecular flexibility index (Phi) is 2.35. The largest absolute Gasteiger partial charge is 0.330 e. The van der Waals surface area contributed by atoms with E-state index in [1.807, 2.05) is 6.20 Å². The third-order valence-electron chi connectivity index (χ3n) is 5.56. The minimum atomic E-state index is 0.377. The zero-order chi connectivity index (χ0) is 12.2. The van der Waals surface area contributed by atoms with Crippen LogP contribution in [0.25, 0.3) is 0 Å². The molecular weight excluding hydrogens is 222 g/mol. The first-order chi connectivity index (χ1) is 8.77. The Morgan fingerprint density at radius 2 is 1.78 bits per heavy atom. The molecule has 0 unspecified atom stereocenters. The van der Waals surface area contributed by atoms with Gasteiger partial charge in [-0.1, -0.05) is 0 Å². The normalized spacial score (nSPS) is 41.5. The third-order valence-corrected chi connectivity index (χ3v) is 5.56. The number of hydrogen-bond donors (Lipinski definition) is 1. The Morgan fingerprint density at radius 1 is 1.17 bits per heavy atom. The second kappa shape index (κ2) is 3.83. The van der Waals surface area contributed by atoms with Gasteiger partial charge in [0.2, 0.25) is 0 Å². The summed E-state index contributed by atoms with van der Waals surface area (Å²) in [4.78, 5) is 0. The third kappa shape index (κ3) is 1.56. The molecule has 0 aliphatic heterocycles. The number of hydrogen-bond acceptors (Lipinski definition) is 2. The summed E-state index contributed by atoms with van der Waals surface area (Å²) < 4.78 is 2.32. The van der Waals surface area contributed by atoms with E-state index in [1.54, 1.807) is 0 Å². The summed E-state index contributed by atoms with van der Waals surface area (Å²) in [5.41, 5.74) is 7.33. The summed E-state index contributed by atoms with van der Waals surface area (Å²) in [6.45, 7) is 0.729. The van der Waals surface area contributed by atoms with Gasteiger partial charge >= 0.3 is 0 Å².